The molecule has 0 atom stereocenters. The minimum Gasteiger partial charge on any atom is -0.545 e. The second-order valence-electron chi connectivity index (χ2n) is 5.29. The number of carbonyl (C=O) groups is 1. The van der Waals surface area contributed by atoms with Gasteiger partial charge in [-0.15, -0.1) is 0 Å². The van der Waals surface area contributed by atoms with Crippen molar-refractivity contribution < 1.29 is 24.9 Å². The average molecular weight is 360 g/mol. The van der Waals surface area contributed by atoms with Crippen LogP contribution in [0.1, 0.15) is 15.9 Å². The standard InChI is InChI=1S/C16H15N3O7/c20-7-6-17(10-11-4-2-1-3-5-11)15-13(16(21)22)8-12(18(23)24)9-14(15)19(25)26/h1-5,8-9,20H,6-7,10H2,(H,21,22)/p-1. The number of hydrogen-bond acceptors (Lipinski definition) is 8. The average Bonchev–Trinajstić information content (AvgIpc) is 2.60. The maximum absolute atomic E-state index is 11.5. The molecule has 0 fully saturated rings. The number of nitro benzene ring substituents is 2. The summed E-state index contributed by atoms with van der Waals surface area (Å²) in [6.07, 6.45) is 0. The van der Waals surface area contributed by atoms with E-state index in [0.717, 1.165) is 0 Å². The molecule has 2 rings (SSSR count). The molecule has 0 aromatic heterocycles. The van der Waals surface area contributed by atoms with Crippen LogP contribution in [0.3, 0.4) is 0 Å². The molecule has 26 heavy (non-hydrogen) atoms. The summed E-state index contributed by atoms with van der Waals surface area (Å²) in [5.41, 5.74) is -1.81. The van der Waals surface area contributed by atoms with E-state index in [9.17, 15) is 35.2 Å². The third-order valence-corrected chi connectivity index (χ3v) is 3.60. The van der Waals surface area contributed by atoms with Crippen LogP contribution in [0.2, 0.25) is 0 Å². The molecule has 0 unspecified atom stereocenters. The Balaban J connectivity index is 2.67. The van der Waals surface area contributed by atoms with E-state index in [0.29, 0.717) is 17.7 Å². The highest BCUT2D eigenvalue weighted by atomic mass is 16.6. The van der Waals surface area contributed by atoms with Gasteiger partial charge in [0, 0.05) is 24.7 Å². The van der Waals surface area contributed by atoms with Crippen molar-refractivity contribution in [3.63, 3.8) is 0 Å². The molecule has 0 aliphatic heterocycles. The van der Waals surface area contributed by atoms with E-state index in [4.69, 9.17) is 0 Å². The molecule has 0 aliphatic rings. The molecule has 0 aliphatic carbocycles. The second kappa shape index (κ2) is 8.03. The fraction of sp³-hybridized carbons (Fsp3) is 0.188. The summed E-state index contributed by atoms with van der Waals surface area (Å²) in [6, 6.07) is 10.1. The molecular formula is C16H14N3O7-. The molecule has 2 aromatic carbocycles. The lowest BCUT2D eigenvalue weighted by Gasteiger charge is -2.26. The molecule has 0 amide bonds. The molecular weight excluding hydrogens is 346 g/mol. The van der Waals surface area contributed by atoms with Crippen LogP contribution in [0.25, 0.3) is 0 Å². The first-order valence-corrected chi connectivity index (χ1v) is 7.43. The van der Waals surface area contributed by atoms with Gasteiger partial charge in [0.25, 0.3) is 11.4 Å². The summed E-state index contributed by atoms with van der Waals surface area (Å²) < 4.78 is 0. The maximum atomic E-state index is 11.5. The Morgan fingerprint density at radius 2 is 1.73 bits per heavy atom. The van der Waals surface area contributed by atoms with Crippen LogP contribution in [0, 0.1) is 20.2 Å². The second-order valence-corrected chi connectivity index (χ2v) is 5.29. The lowest BCUT2D eigenvalue weighted by Crippen LogP contribution is -2.31. The summed E-state index contributed by atoms with van der Waals surface area (Å²) >= 11 is 0. The number of rotatable bonds is 8. The minimum absolute atomic E-state index is 0.0559. The summed E-state index contributed by atoms with van der Waals surface area (Å²) in [6.45, 7) is -0.471. The van der Waals surface area contributed by atoms with Crippen molar-refractivity contribution in [1.82, 2.24) is 0 Å². The van der Waals surface area contributed by atoms with Gasteiger partial charge < -0.3 is 19.9 Å². The first-order valence-electron chi connectivity index (χ1n) is 7.43. The van der Waals surface area contributed by atoms with Gasteiger partial charge in [-0.05, 0) is 5.56 Å². The Hall–Kier alpha value is -3.53. The number of anilines is 1. The topological polar surface area (TPSA) is 150 Å². The van der Waals surface area contributed by atoms with E-state index < -0.39 is 39.4 Å². The van der Waals surface area contributed by atoms with Crippen molar-refractivity contribution >= 4 is 23.0 Å². The van der Waals surface area contributed by atoms with E-state index in [1.807, 2.05) is 0 Å². The zero-order valence-electron chi connectivity index (χ0n) is 13.4. The predicted molar refractivity (Wildman–Crippen MR) is 88.7 cm³/mol. The highest BCUT2D eigenvalue weighted by molar-refractivity contribution is 5.97. The molecule has 0 heterocycles. The molecule has 1 N–H and O–H groups in total. The number of non-ortho nitro benzene ring substituents is 1. The monoisotopic (exact) mass is 360 g/mol. The van der Waals surface area contributed by atoms with E-state index in [2.05, 4.69) is 0 Å². The third-order valence-electron chi connectivity index (χ3n) is 3.60. The molecule has 0 spiro atoms. The molecule has 0 saturated heterocycles. The number of carbonyl (C=O) groups excluding carboxylic acids is 1. The Morgan fingerprint density at radius 1 is 1.08 bits per heavy atom. The maximum Gasteiger partial charge on any atom is 0.300 e. The highest BCUT2D eigenvalue weighted by Crippen LogP contribution is 2.36. The molecule has 0 bridgehead atoms. The third kappa shape index (κ3) is 4.11. The van der Waals surface area contributed by atoms with Crippen LogP contribution < -0.4 is 10.0 Å². The fourth-order valence-electron chi connectivity index (χ4n) is 2.53. The van der Waals surface area contributed by atoms with Crippen LogP contribution >= 0.6 is 0 Å². The van der Waals surface area contributed by atoms with Crippen molar-refractivity contribution in [1.29, 1.82) is 0 Å². The summed E-state index contributed by atoms with van der Waals surface area (Å²) in [5.74, 6) is -1.79. The number of nitro groups is 2. The number of carboxylic acids is 1. The van der Waals surface area contributed by atoms with Gasteiger partial charge in [0.15, 0.2) is 0 Å². The largest absolute Gasteiger partial charge is 0.545 e. The van der Waals surface area contributed by atoms with Crippen molar-refractivity contribution in [2.75, 3.05) is 18.1 Å². The first kappa shape index (κ1) is 18.8. The minimum atomic E-state index is -1.79. The first-order chi connectivity index (χ1) is 12.3. The van der Waals surface area contributed by atoms with Gasteiger partial charge in [-0.25, -0.2) is 0 Å². The molecule has 10 heteroatoms. The van der Waals surface area contributed by atoms with Gasteiger partial charge in [0.2, 0.25) is 0 Å². The zero-order valence-corrected chi connectivity index (χ0v) is 13.4. The van der Waals surface area contributed by atoms with Gasteiger partial charge in [-0.3, -0.25) is 20.2 Å². The number of benzene rings is 2. The van der Waals surface area contributed by atoms with Gasteiger partial charge >= 0.3 is 0 Å². The Bertz CT molecular complexity index is 804. The molecule has 0 radical (unpaired) electrons. The fourth-order valence-corrected chi connectivity index (χ4v) is 2.53. The van der Waals surface area contributed by atoms with Crippen molar-refractivity contribution in [3.05, 3.63) is 73.8 Å². The highest BCUT2D eigenvalue weighted by Gasteiger charge is 2.28. The summed E-state index contributed by atoms with van der Waals surface area (Å²) in [7, 11) is 0. The number of aliphatic hydroxyl groups is 1. The van der Waals surface area contributed by atoms with Crippen molar-refractivity contribution in [2.45, 2.75) is 6.54 Å². The Kier molecular flexibility index (Phi) is 5.81. The van der Waals surface area contributed by atoms with Crippen LogP contribution in [-0.2, 0) is 6.54 Å². The van der Waals surface area contributed by atoms with E-state index in [-0.39, 0.29) is 18.8 Å². The lowest BCUT2D eigenvalue weighted by atomic mass is 10.1. The van der Waals surface area contributed by atoms with Gasteiger partial charge in [0.1, 0.15) is 5.69 Å². The van der Waals surface area contributed by atoms with Crippen LogP contribution in [0.5, 0.6) is 0 Å². The molecule has 2 aromatic rings. The molecule has 136 valence electrons. The van der Waals surface area contributed by atoms with Crippen molar-refractivity contribution in [3.8, 4) is 0 Å². The SMILES string of the molecule is O=C([O-])c1cc([N+](=O)[O-])cc([N+](=O)[O-])c1N(CCO)Cc1ccccc1. The van der Waals surface area contributed by atoms with Gasteiger partial charge in [0.05, 0.1) is 28.5 Å². The van der Waals surface area contributed by atoms with Gasteiger partial charge in [-0.1, -0.05) is 30.3 Å². The van der Waals surface area contributed by atoms with Crippen LogP contribution in [0.15, 0.2) is 42.5 Å². The number of nitrogens with zero attached hydrogens (tertiary/aromatic N) is 3. The Labute approximate surface area is 147 Å². The van der Waals surface area contributed by atoms with E-state index >= 15 is 0 Å². The molecule has 0 saturated carbocycles. The lowest BCUT2D eigenvalue weighted by molar-refractivity contribution is -0.393. The Morgan fingerprint density at radius 3 is 2.23 bits per heavy atom. The summed E-state index contributed by atoms with van der Waals surface area (Å²) in [5, 5.41) is 43.2. The zero-order chi connectivity index (χ0) is 19.3. The van der Waals surface area contributed by atoms with Gasteiger partial charge in [-0.2, -0.15) is 0 Å². The summed E-state index contributed by atoms with van der Waals surface area (Å²) in [4.78, 5) is 33.3. The van der Waals surface area contributed by atoms with E-state index in [1.165, 1.54) is 4.90 Å². The number of aliphatic hydroxyl groups excluding tert-OH is 1. The molecule has 10 nitrogen and oxygen atoms in total. The normalized spacial score (nSPS) is 10.3. The van der Waals surface area contributed by atoms with Crippen molar-refractivity contribution in [2.24, 2.45) is 0 Å². The van der Waals surface area contributed by atoms with E-state index in [1.54, 1.807) is 30.3 Å². The van der Waals surface area contributed by atoms with Crippen LogP contribution in [-0.4, -0.2) is 34.1 Å². The predicted octanol–water partition coefficient (Wildman–Crippen LogP) is 0.865. The number of aromatic carboxylic acids is 1. The number of hydrogen-bond donors (Lipinski definition) is 1. The number of carboxylic acid groups (broad SMARTS) is 1. The smallest absolute Gasteiger partial charge is 0.300 e. The van der Waals surface area contributed by atoms with Crippen LogP contribution in [0.4, 0.5) is 17.1 Å². The quantitative estimate of drug-likeness (QED) is 0.538.